The maximum atomic E-state index is 12.9. The van der Waals surface area contributed by atoms with Crippen molar-refractivity contribution in [2.45, 2.75) is 18.3 Å². The number of hydrogen-bond acceptors (Lipinski definition) is 5. The highest BCUT2D eigenvalue weighted by atomic mass is 16.3. The summed E-state index contributed by atoms with van der Waals surface area (Å²) in [7, 11) is 0. The lowest BCUT2D eigenvalue weighted by atomic mass is 9.95. The molecule has 1 amide bonds. The summed E-state index contributed by atoms with van der Waals surface area (Å²) in [6.45, 7) is 0.398. The Morgan fingerprint density at radius 2 is 1.82 bits per heavy atom. The number of nitrogens with one attached hydrogen (secondary N) is 1. The first kappa shape index (κ1) is 16.6. The fraction of sp³-hybridized carbons (Fsp3) is 0.182. The van der Waals surface area contributed by atoms with E-state index in [0.717, 1.165) is 35.0 Å². The maximum absolute atomic E-state index is 12.9. The van der Waals surface area contributed by atoms with E-state index in [2.05, 4.69) is 10.3 Å². The van der Waals surface area contributed by atoms with Crippen molar-refractivity contribution in [3.63, 3.8) is 0 Å². The molecule has 0 atom stereocenters. The fourth-order valence-corrected chi connectivity index (χ4v) is 3.70. The minimum Gasteiger partial charge on any atom is -0.446 e. The van der Waals surface area contributed by atoms with Gasteiger partial charge >= 0.3 is 0 Å². The predicted molar refractivity (Wildman–Crippen MR) is 107 cm³/mol. The second-order valence-corrected chi connectivity index (χ2v) is 7.20. The Hall–Kier alpha value is -3.54. The molecule has 140 valence electrons. The first-order valence-corrected chi connectivity index (χ1v) is 9.30. The van der Waals surface area contributed by atoms with E-state index in [4.69, 9.17) is 10.2 Å². The zero-order chi connectivity index (χ0) is 19.1. The molecule has 0 unspecified atom stereocenters. The molecule has 2 aliphatic rings. The van der Waals surface area contributed by atoms with E-state index in [1.807, 2.05) is 65.6 Å². The molecule has 0 radical (unpaired) electrons. The van der Waals surface area contributed by atoms with Gasteiger partial charge in [0.25, 0.3) is 0 Å². The van der Waals surface area contributed by atoms with Gasteiger partial charge in [-0.25, -0.2) is 4.99 Å². The standard InChI is InChI=1S/C22H20N4O2/c23-19-18-10-13-28-20(18)24-14-26(19)17-8-6-16(7-9-17)25-21(27)22(11-12-22)15-4-2-1-3-5-15/h1-10,13H,11-12,14,23H2,(H,25,27). The average molecular weight is 372 g/mol. The van der Waals surface area contributed by atoms with Crippen LogP contribution in [0.5, 0.6) is 0 Å². The Bertz CT molecular complexity index is 1150. The first-order valence-electron chi connectivity index (χ1n) is 9.30. The van der Waals surface area contributed by atoms with E-state index >= 15 is 0 Å². The van der Waals surface area contributed by atoms with Gasteiger partial charge < -0.3 is 20.4 Å². The topological polar surface area (TPSA) is 83.9 Å². The second-order valence-electron chi connectivity index (χ2n) is 7.20. The van der Waals surface area contributed by atoms with Crippen molar-refractivity contribution in [1.29, 1.82) is 0 Å². The zero-order valence-corrected chi connectivity index (χ0v) is 15.3. The molecule has 3 aromatic rings. The number of fused-ring (bicyclic) bond motifs is 1. The van der Waals surface area contributed by atoms with Crippen LogP contribution in [-0.2, 0) is 10.2 Å². The van der Waals surface area contributed by atoms with Gasteiger partial charge in [-0.05, 0) is 48.7 Å². The lowest BCUT2D eigenvalue weighted by molar-refractivity contribution is -0.118. The Balaban J connectivity index is 1.35. The largest absolute Gasteiger partial charge is 0.446 e. The van der Waals surface area contributed by atoms with Crippen LogP contribution in [0.4, 0.5) is 11.4 Å². The molecule has 0 saturated heterocycles. The van der Waals surface area contributed by atoms with E-state index < -0.39 is 0 Å². The summed E-state index contributed by atoms with van der Waals surface area (Å²) in [6.07, 6.45) is 3.35. The number of carbonyl (C=O) groups is 1. The molecule has 0 spiro atoms. The van der Waals surface area contributed by atoms with Crippen molar-refractivity contribution in [1.82, 2.24) is 0 Å². The smallest absolute Gasteiger partial charge is 0.235 e. The molecule has 2 aromatic carbocycles. The lowest BCUT2D eigenvalue weighted by Crippen LogP contribution is -2.42. The summed E-state index contributed by atoms with van der Waals surface area (Å²) in [4.78, 5) is 19.2. The van der Waals surface area contributed by atoms with Crippen molar-refractivity contribution < 1.29 is 9.21 Å². The molecular formula is C22H20N4O2. The van der Waals surface area contributed by atoms with Crippen LogP contribution < -0.4 is 26.7 Å². The third-order valence-electron chi connectivity index (χ3n) is 5.52. The van der Waals surface area contributed by atoms with E-state index in [0.29, 0.717) is 18.0 Å². The van der Waals surface area contributed by atoms with Crippen LogP contribution in [0.3, 0.4) is 0 Å². The minimum absolute atomic E-state index is 0.0496. The maximum Gasteiger partial charge on any atom is 0.235 e. The number of nitrogens with zero attached hydrogens (tertiary/aromatic N) is 2. The summed E-state index contributed by atoms with van der Waals surface area (Å²) >= 11 is 0. The molecule has 1 aromatic heterocycles. The van der Waals surface area contributed by atoms with Gasteiger partial charge in [-0.2, -0.15) is 0 Å². The monoisotopic (exact) mass is 372 g/mol. The molecule has 1 fully saturated rings. The summed E-state index contributed by atoms with van der Waals surface area (Å²) in [5.74, 6) is 0.657. The summed E-state index contributed by atoms with van der Waals surface area (Å²) in [5.41, 5.74) is 9.21. The molecule has 0 bridgehead atoms. The quantitative estimate of drug-likeness (QED) is 0.734. The van der Waals surface area contributed by atoms with Crippen LogP contribution in [0.1, 0.15) is 18.4 Å². The number of carbonyl (C=O) groups excluding carboxylic acids is 1. The van der Waals surface area contributed by atoms with Gasteiger partial charge in [0.05, 0.1) is 16.9 Å². The number of furan rings is 1. The Morgan fingerprint density at radius 1 is 1.07 bits per heavy atom. The van der Waals surface area contributed by atoms with Crippen LogP contribution in [0.15, 0.2) is 76.3 Å². The van der Waals surface area contributed by atoms with Crippen molar-refractivity contribution in [3.05, 3.63) is 83.3 Å². The van der Waals surface area contributed by atoms with Crippen LogP contribution in [0.2, 0.25) is 0 Å². The number of benzene rings is 2. The van der Waals surface area contributed by atoms with Crippen molar-refractivity contribution in [3.8, 4) is 0 Å². The summed E-state index contributed by atoms with van der Waals surface area (Å²) in [6, 6.07) is 19.5. The number of nitrogens with two attached hydrogens (primary N) is 1. The van der Waals surface area contributed by atoms with E-state index in [9.17, 15) is 4.79 Å². The minimum atomic E-state index is -0.387. The molecule has 6 nitrogen and oxygen atoms in total. The Labute approximate surface area is 162 Å². The van der Waals surface area contributed by atoms with Gasteiger partial charge in [-0.3, -0.25) is 4.79 Å². The highest BCUT2D eigenvalue weighted by Crippen LogP contribution is 2.48. The lowest BCUT2D eigenvalue weighted by Gasteiger charge is -2.24. The second kappa shape index (κ2) is 6.27. The summed E-state index contributed by atoms with van der Waals surface area (Å²) < 4.78 is 5.31. The van der Waals surface area contributed by atoms with Gasteiger partial charge in [0.15, 0.2) is 0 Å². The van der Waals surface area contributed by atoms with Crippen LogP contribution in [0, 0.1) is 0 Å². The highest BCUT2D eigenvalue weighted by molar-refractivity contribution is 6.01. The molecule has 6 heteroatoms. The predicted octanol–water partition coefficient (Wildman–Crippen LogP) is 2.07. The highest BCUT2D eigenvalue weighted by Gasteiger charge is 2.51. The van der Waals surface area contributed by atoms with Crippen molar-refractivity contribution >= 4 is 23.1 Å². The van der Waals surface area contributed by atoms with Gasteiger partial charge in [0.1, 0.15) is 12.5 Å². The zero-order valence-electron chi connectivity index (χ0n) is 15.3. The third-order valence-corrected chi connectivity index (χ3v) is 5.52. The average Bonchev–Trinajstić information content (AvgIpc) is 3.41. The Morgan fingerprint density at radius 3 is 2.54 bits per heavy atom. The van der Waals surface area contributed by atoms with E-state index in [-0.39, 0.29) is 11.3 Å². The van der Waals surface area contributed by atoms with E-state index in [1.165, 1.54) is 0 Å². The number of hydrogen-bond donors (Lipinski definition) is 2. The van der Waals surface area contributed by atoms with Gasteiger partial charge in [0.2, 0.25) is 11.5 Å². The number of amides is 1. The molecule has 5 rings (SSSR count). The SMILES string of the molecule is NC1=c2ccoc2=NCN1c1ccc(NC(=O)C2(c3ccccc3)CC2)cc1. The first-order chi connectivity index (χ1) is 13.7. The van der Waals surface area contributed by atoms with Gasteiger partial charge in [-0.1, -0.05) is 30.3 Å². The third kappa shape index (κ3) is 2.65. The molecular weight excluding hydrogens is 352 g/mol. The molecule has 1 aliphatic heterocycles. The normalized spacial score (nSPS) is 16.9. The van der Waals surface area contributed by atoms with E-state index in [1.54, 1.807) is 6.26 Å². The van der Waals surface area contributed by atoms with Crippen LogP contribution in [-0.4, -0.2) is 12.6 Å². The molecule has 3 N–H and O–H groups in total. The Kier molecular flexibility index (Phi) is 3.72. The number of anilines is 2. The van der Waals surface area contributed by atoms with Gasteiger partial charge in [0, 0.05) is 11.4 Å². The molecule has 28 heavy (non-hydrogen) atoms. The van der Waals surface area contributed by atoms with Crippen molar-refractivity contribution in [2.75, 3.05) is 16.9 Å². The summed E-state index contributed by atoms with van der Waals surface area (Å²) in [5, 5.41) is 3.86. The van der Waals surface area contributed by atoms with Crippen LogP contribution >= 0.6 is 0 Å². The fourth-order valence-electron chi connectivity index (χ4n) is 3.70. The van der Waals surface area contributed by atoms with Crippen LogP contribution in [0.25, 0.3) is 5.82 Å². The molecule has 1 aliphatic carbocycles. The van der Waals surface area contributed by atoms with Crippen molar-refractivity contribution in [2.24, 2.45) is 10.7 Å². The molecule has 2 heterocycles. The molecule has 1 saturated carbocycles. The number of rotatable bonds is 4. The van der Waals surface area contributed by atoms with Gasteiger partial charge in [-0.15, -0.1) is 0 Å².